The molecule has 3 nitrogen and oxygen atoms in total. The highest BCUT2D eigenvalue weighted by atomic mass is 19.4. The summed E-state index contributed by atoms with van der Waals surface area (Å²) in [6.45, 7) is 3.01. The molecule has 0 N–H and O–H groups in total. The highest BCUT2D eigenvalue weighted by Gasteiger charge is 2.40. The molecule has 2 aromatic carbocycles. The molecule has 186 valence electrons. The molecular formula is C25H28F6N2O. The Kier molecular flexibility index (Phi) is 7.36. The normalized spacial score (nSPS) is 17.9. The van der Waals surface area contributed by atoms with Gasteiger partial charge in [0.25, 0.3) is 0 Å². The Hall–Kier alpha value is -2.55. The molecule has 3 rings (SSSR count). The molecule has 1 amide bonds. The van der Waals surface area contributed by atoms with Crippen molar-refractivity contribution >= 4 is 5.91 Å². The molecular weight excluding hydrogens is 458 g/mol. The summed E-state index contributed by atoms with van der Waals surface area (Å²) in [5.74, 6) is -0.327. The van der Waals surface area contributed by atoms with Crippen molar-refractivity contribution in [3.63, 3.8) is 0 Å². The first-order valence-corrected chi connectivity index (χ1v) is 11.0. The lowest BCUT2D eigenvalue weighted by Crippen LogP contribution is -2.44. The Morgan fingerprint density at radius 3 is 1.94 bits per heavy atom. The van der Waals surface area contributed by atoms with Gasteiger partial charge < -0.3 is 9.80 Å². The van der Waals surface area contributed by atoms with Crippen LogP contribution < -0.4 is 0 Å². The minimum Gasteiger partial charge on any atom is -0.339 e. The zero-order chi connectivity index (χ0) is 25.3. The number of hydrogen-bond donors (Lipinski definition) is 0. The standard InChI is InChI=1S/C25H28F6N2O/c1-17(18-13-20(24(26,27)28)15-21(14-18)25(29,30)31)33(3)22(34)16-23(9-11-32(2)12-10-23)19-7-5-4-6-8-19/h4-8,13-15,17H,9-12,16H2,1-3H3. The van der Waals surface area contributed by atoms with E-state index in [0.717, 1.165) is 31.5 Å². The third-order valence-electron chi connectivity index (χ3n) is 6.89. The number of alkyl halides is 6. The maximum absolute atomic E-state index is 13.3. The SMILES string of the molecule is CC(c1cc(C(F)(F)F)cc(C(F)(F)F)c1)N(C)C(=O)CC1(c2ccccc2)CCN(C)CC1. The summed E-state index contributed by atoms with van der Waals surface area (Å²) in [7, 11) is 3.42. The van der Waals surface area contributed by atoms with Crippen molar-refractivity contribution in [2.75, 3.05) is 27.2 Å². The monoisotopic (exact) mass is 486 g/mol. The fourth-order valence-corrected chi connectivity index (χ4v) is 4.48. The Labute approximate surface area is 195 Å². The summed E-state index contributed by atoms with van der Waals surface area (Å²) in [4.78, 5) is 16.7. The Morgan fingerprint density at radius 1 is 0.971 bits per heavy atom. The number of amides is 1. The molecule has 1 saturated heterocycles. The summed E-state index contributed by atoms with van der Waals surface area (Å²) in [6, 6.07) is 10.1. The van der Waals surface area contributed by atoms with E-state index < -0.39 is 34.9 Å². The number of halogens is 6. The maximum Gasteiger partial charge on any atom is 0.416 e. The van der Waals surface area contributed by atoms with E-state index in [-0.39, 0.29) is 24.0 Å². The molecule has 34 heavy (non-hydrogen) atoms. The minimum absolute atomic E-state index is 0.0982. The Morgan fingerprint density at radius 2 is 1.47 bits per heavy atom. The summed E-state index contributed by atoms with van der Waals surface area (Å²) >= 11 is 0. The van der Waals surface area contributed by atoms with Crippen LogP contribution in [0.3, 0.4) is 0 Å². The van der Waals surface area contributed by atoms with Crippen LogP contribution in [0.5, 0.6) is 0 Å². The van der Waals surface area contributed by atoms with Crippen LogP contribution in [0.4, 0.5) is 26.3 Å². The molecule has 1 atom stereocenters. The third-order valence-corrected chi connectivity index (χ3v) is 6.89. The van der Waals surface area contributed by atoms with Crippen molar-refractivity contribution in [3.8, 4) is 0 Å². The second-order valence-corrected chi connectivity index (χ2v) is 9.15. The van der Waals surface area contributed by atoms with E-state index in [0.29, 0.717) is 12.1 Å². The van der Waals surface area contributed by atoms with Crippen LogP contribution in [-0.4, -0.2) is 42.9 Å². The van der Waals surface area contributed by atoms with E-state index >= 15 is 0 Å². The second kappa shape index (κ2) is 9.60. The predicted molar refractivity (Wildman–Crippen MR) is 117 cm³/mol. The largest absolute Gasteiger partial charge is 0.416 e. The average molecular weight is 487 g/mol. The van der Waals surface area contributed by atoms with E-state index in [4.69, 9.17) is 0 Å². The number of nitrogens with zero attached hydrogens (tertiary/aromatic N) is 2. The first kappa shape index (κ1) is 26.1. The molecule has 0 bridgehead atoms. The van der Waals surface area contributed by atoms with Gasteiger partial charge in [-0.05, 0) is 69.2 Å². The molecule has 0 aromatic heterocycles. The molecule has 0 radical (unpaired) electrons. The molecule has 1 heterocycles. The lowest BCUT2D eigenvalue weighted by molar-refractivity contribution is -0.143. The van der Waals surface area contributed by atoms with Gasteiger partial charge >= 0.3 is 12.4 Å². The molecule has 1 unspecified atom stereocenters. The van der Waals surface area contributed by atoms with Gasteiger partial charge in [-0.1, -0.05) is 30.3 Å². The number of rotatable bonds is 5. The van der Waals surface area contributed by atoms with Gasteiger partial charge in [0, 0.05) is 18.9 Å². The van der Waals surface area contributed by atoms with E-state index in [1.807, 2.05) is 37.4 Å². The van der Waals surface area contributed by atoms with Crippen molar-refractivity contribution in [3.05, 3.63) is 70.8 Å². The van der Waals surface area contributed by atoms with Crippen molar-refractivity contribution in [2.45, 2.75) is 50.0 Å². The van der Waals surface area contributed by atoms with Gasteiger partial charge in [0.2, 0.25) is 5.91 Å². The zero-order valence-corrected chi connectivity index (χ0v) is 19.3. The molecule has 9 heteroatoms. The van der Waals surface area contributed by atoms with Crippen molar-refractivity contribution in [2.24, 2.45) is 0 Å². The number of hydrogen-bond acceptors (Lipinski definition) is 2. The summed E-state index contributed by atoms with van der Waals surface area (Å²) < 4.78 is 79.7. The van der Waals surface area contributed by atoms with Crippen molar-refractivity contribution < 1.29 is 31.1 Å². The maximum atomic E-state index is 13.3. The highest BCUT2D eigenvalue weighted by molar-refractivity contribution is 5.78. The zero-order valence-electron chi connectivity index (χ0n) is 19.3. The average Bonchev–Trinajstić information content (AvgIpc) is 2.78. The molecule has 2 aromatic rings. The lowest BCUT2D eigenvalue weighted by Gasteiger charge is -2.42. The van der Waals surface area contributed by atoms with Gasteiger partial charge in [0.05, 0.1) is 17.2 Å². The number of likely N-dealkylation sites (tertiary alicyclic amines) is 1. The number of carbonyl (C=O) groups excluding carboxylic acids is 1. The van der Waals surface area contributed by atoms with Gasteiger partial charge in [-0.2, -0.15) is 26.3 Å². The first-order valence-electron chi connectivity index (χ1n) is 11.0. The van der Waals surface area contributed by atoms with Gasteiger partial charge in [0.1, 0.15) is 0 Å². The molecule has 1 fully saturated rings. The number of piperidine rings is 1. The molecule has 0 aliphatic carbocycles. The van der Waals surface area contributed by atoms with E-state index in [1.165, 1.54) is 18.9 Å². The van der Waals surface area contributed by atoms with Crippen LogP contribution in [0, 0.1) is 0 Å². The first-order chi connectivity index (χ1) is 15.7. The van der Waals surface area contributed by atoms with E-state index in [1.54, 1.807) is 0 Å². The lowest BCUT2D eigenvalue weighted by atomic mass is 9.70. The molecule has 1 aliphatic rings. The van der Waals surface area contributed by atoms with Crippen LogP contribution in [0.25, 0.3) is 0 Å². The molecule has 0 saturated carbocycles. The number of carbonyl (C=O) groups is 1. The third kappa shape index (κ3) is 5.74. The van der Waals surface area contributed by atoms with E-state index in [2.05, 4.69) is 4.90 Å². The Balaban J connectivity index is 1.90. The highest BCUT2D eigenvalue weighted by Crippen LogP contribution is 2.41. The van der Waals surface area contributed by atoms with Gasteiger partial charge in [-0.3, -0.25) is 4.79 Å². The van der Waals surface area contributed by atoms with Gasteiger partial charge in [-0.25, -0.2) is 0 Å². The molecule has 0 spiro atoms. The molecule has 1 aliphatic heterocycles. The van der Waals surface area contributed by atoms with Gasteiger partial charge in [0.15, 0.2) is 0 Å². The predicted octanol–water partition coefficient (Wildman–Crippen LogP) is 6.30. The van der Waals surface area contributed by atoms with Crippen molar-refractivity contribution in [1.29, 1.82) is 0 Å². The van der Waals surface area contributed by atoms with Gasteiger partial charge in [-0.15, -0.1) is 0 Å². The fourth-order valence-electron chi connectivity index (χ4n) is 4.48. The van der Waals surface area contributed by atoms with Crippen LogP contribution in [0.2, 0.25) is 0 Å². The topological polar surface area (TPSA) is 23.6 Å². The van der Waals surface area contributed by atoms with Crippen LogP contribution in [-0.2, 0) is 22.6 Å². The Bertz CT molecular complexity index is 962. The fraction of sp³-hybridized carbons (Fsp3) is 0.480. The van der Waals surface area contributed by atoms with Crippen LogP contribution in [0.1, 0.15) is 54.5 Å². The number of benzene rings is 2. The smallest absolute Gasteiger partial charge is 0.339 e. The quantitative estimate of drug-likeness (QED) is 0.464. The minimum atomic E-state index is -4.94. The summed E-state index contributed by atoms with van der Waals surface area (Å²) in [5.41, 5.74) is -2.42. The summed E-state index contributed by atoms with van der Waals surface area (Å²) in [5, 5.41) is 0. The summed E-state index contributed by atoms with van der Waals surface area (Å²) in [6.07, 6.45) is -8.31. The van der Waals surface area contributed by atoms with Crippen LogP contribution >= 0.6 is 0 Å². The second-order valence-electron chi connectivity index (χ2n) is 9.15. The van der Waals surface area contributed by atoms with Crippen LogP contribution in [0.15, 0.2) is 48.5 Å². The van der Waals surface area contributed by atoms with Crippen molar-refractivity contribution in [1.82, 2.24) is 9.80 Å². The van der Waals surface area contributed by atoms with E-state index in [9.17, 15) is 31.1 Å².